The number of amides is 1. The van der Waals surface area contributed by atoms with E-state index in [9.17, 15) is 4.79 Å². The van der Waals surface area contributed by atoms with Crippen molar-refractivity contribution < 1.29 is 14.3 Å². The molecule has 1 atom stereocenters. The van der Waals surface area contributed by atoms with Crippen LogP contribution in [0.15, 0.2) is 48.5 Å². The third-order valence-electron chi connectivity index (χ3n) is 4.02. The van der Waals surface area contributed by atoms with Crippen LogP contribution in [0.2, 0.25) is 5.02 Å². The molecule has 1 N–H and O–H groups in total. The topological polar surface area (TPSA) is 47.6 Å². The van der Waals surface area contributed by atoms with Gasteiger partial charge in [-0.2, -0.15) is 0 Å². The SMILES string of the molecule is COCCCNC(=O)CC(c1ccccc1)c1ccc(OC)c(Cl)c1. The average Bonchev–Trinajstić information content (AvgIpc) is 2.64. The Kier molecular flexibility index (Phi) is 7.76. The van der Waals surface area contributed by atoms with Crippen molar-refractivity contribution in [3.63, 3.8) is 0 Å². The summed E-state index contributed by atoms with van der Waals surface area (Å²) in [5, 5.41) is 3.49. The van der Waals surface area contributed by atoms with Crippen molar-refractivity contribution in [2.45, 2.75) is 18.8 Å². The minimum atomic E-state index is -0.0629. The van der Waals surface area contributed by atoms with E-state index in [1.165, 1.54) is 0 Å². The van der Waals surface area contributed by atoms with Crippen molar-refractivity contribution in [3.8, 4) is 5.75 Å². The maximum atomic E-state index is 12.4. The maximum absolute atomic E-state index is 12.4. The van der Waals surface area contributed by atoms with E-state index in [0.717, 1.165) is 17.5 Å². The summed E-state index contributed by atoms with van der Waals surface area (Å²) in [5.41, 5.74) is 2.07. The van der Waals surface area contributed by atoms with Gasteiger partial charge in [0.05, 0.1) is 12.1 Å². The van der Waals surface area contributed by atoms with Gasteiger partial charge in [-0.1, -0.05) is 48.0 Å². The molecular weight excluding hydrogens is 338 g/mol. The van der Waals surface area contributed by atoms with Crippen LogP contribution in [0.3, 0.4) is 0 Å². The molecule has 0 aromatic heterocycles. The molecule has 0 heterocycles. The molecule has 1 unspecified atom stereocenters. The summed E-state index contributed by atoms with van der Waals surface area (Å²) in [6.45, 7) is 1.24. The number of nitrogens with one attached hydrogen (secondary N) is 1. The number of methoxy groups -OCH3 is 2. The van der Waals surface area contributed by atoms with Crippen molar-refractivity contribution in [2.75, 3.05) is 27.4 Å². The van der Waals surface area contributed by atoms with Gasteiger partial charge in [0, 0.05) is 32.6 Å². The first-order chi connectivity index (χ1) is 12.2. The first kappa shape index (κ1) is 19.3. The van der Waals surface area contributed by atoms with Crippen molar-refractivity contribution in [2.24, 2.45) is 0 Å². The molecule has 5 heteroatoms. The molecule has 2 rings (SSSR count). The van der Waals surface area contributed by atoms with Crippen molar-refractivity contribution in [3.05, 3.63) is 64.7 Å². The van der Waals surface area contributed by atoms with E-state index in [1.54, 1.807) is 14.2 Å². The zero-order valence-corrected chi connectivity index (χ0v) is 15.4. The lowest BCUT2D eigenvalue weighted by molar-refractivity contribution is -0.121. The Morgan fingerprint density at radius 1 is 1.12 bits per heavy atom. The highest BCUT2D eigenvalue weighted by atomic mass is 35.5. The molecule has 2 aromatic carbocycles. The molecule has 2 aromatic rings. The van der Waals surface area contributed by atoms with E-state index in [2.05, 4.69) is 5.32 Å². The Balaban J connectivity index is 2.17. The summed E-state index contributed by atoms with van der Waals surface area (Å²) >= 11 is 6.28. The Labute approximate surface area is 154 Å². The molecule has 1 amide bonds. The molecule has 0 radical (unpaired) electrons. The maximum Gasteiger partial charge on any atom is 0.220 e. The molecule has 0 aliphatic carbocycles. The highest BCUT2D eigenvalue weighted by Crippen LogP contribution is 2.33. The minimum Gasteiger partial charge on any atom is -0.495 e. The van der Waals surface area contributed by atoms with Crippen LogP contribution in [-0.2, 0) is 9.53 Å². The minimum absolute atomic E-state index is 0.0110. The fraction of sp³-hybridized carbons (Fsp3) is 0.350. The number of hydrogen-bond donors (Lipinski definition) is 1. The van der Waals surface area contributed by atoms with E-state index in [0.29, 0.717) is 30.3 Å². The van der Waals surface area contributed by atoms with E-state index in [1.807, 2.05) is 48.5 Å². The fourth-order valence-electron chi connectivity index (χ4n) is 2.71. The lowest BCUT2D eigenvalue weighted by atomic mass is 9.88. The lowest BCUT2D eigenvalue weighted by Gasteiger charge is -2.19. The Bertz CT molecular complexity index is 676. The van der Waals surface area contributed by atoms with Gasteiger partial charge in [-0.05, 0) is 29.7 Å². The van der Waals surface area contributed by atoms with E-state index >= 15 is 0 Å². The summed E-state index contributed by atoms with van der Waals surface area (Å²) in [5.74, 6) is 0.574. The van der Waals surface area contributed by atoms with Gasteiger partial charge in [0.25, 0.3) is 0 Å². The number of ether oxygens (including phenoxy) is 2. The molecule has 0 saturated heterocycles. The van der Waals surface area contributed by atoms with Gasteiger partial charge < -0.3 is 14.8 Å². The number of carbonyl (C=O) groups is 1. The van der Waals surface area contributed by atoms with Crippen molar-refractivity contribution in [1.29, 1.82) is 0 Å². The Hall–Kier alpha value is -2.04. The normalized spacial score (nSPS) is 11.8. The second-order valence-electron chi connectivity index (χ2n) is 5.76. The van der Waals surface area contributed by atoms with Gasteiger partial charge in [-0.25, -0.2) is 0 Å². The van der Waals surface area contributed by atoms with Crippen LogP contribution < -0.4 is 10.1 Å². The van der Waals surface area contributed by atoms with Crippen LogP contribution in [0.1, 0.15) is 29.9 Å². The molecule has 0 bridgehead atoms. The van der Waals surface area contributed by atoms with Crippen molar-refractivity contribution >= 4 is 17.5 Å². The summed E-state index contributed by atoms with van der Waals surface area (Å²) in [7, 11) is 3.24. The van der Waals surface area contributed by atoms with Gasteiger partial charge in [0.2, 0.25) is 5.91 Å². The highest BCUT2D eigenvalue weighted by Gasteiger charge is 2.19. The molecule has 0 fully saturated rings. The smallest absolute Gasteiger partial charge is 0.220 e. The highest BCUT2D eigenvalue weighted by molar-refractivity contribution is 6.32. The van der Waals surface area contributed by atoms with Gasteiger partial charge in [0.1, 0.15) is 5.75 Å². The van der Waals surface area contributed by atoms with Crippen LogP contribution in [0.4, 0.5) is 0 Å². The first-order valence-electron chi connectivity index (χ1n) is 8.29. The van der Waals surface area contributed by atoms with Crippen LogP contribution in [0.5, 0.6) is 5.75 Å². The number of benzene rings is 2. The zero-order chi connectivity index (χ0) is 18.1. The third-order valence-corrected chi connectivity index (χ3v) is 4.31. The third kappa shape index (κ3) is 5.76. The van der Waals surface area contributed by atoms with Crippen LogP contribution in [0.25, 0.3) is 0 Å². The standard InChI is InChI=1S/C20H24ClNO3/c1-24-12-6-11-22-20(23)14-17(15-7-4-3-5-8-15)16-9-10-19(25-2)18(21)13-16/h3-5,7-10,13,17H,6,11-12,14H2,1-2H3,(H,22,23). The number of hydrogen-bond acceptors (Lipinski definition) is 3. The van der Waals surface area contributed by atoms with E-state index in [4.69, 9.17) is 21.1 Å². The molecular formula is C20H24ClNO3. The van der Waals surface area contributed by atoms with Gasteiger partial charge in [-0.15, -0.1) is 0 Å². The molecule has 134 valence electrons. The van der Waals surface area contributed by atoms with Crippen LogP contribution >= 0.6 is 11.6 Å². The first-order valence-corrected chi connectivity index (χ1v) is 8.67. The summed E-state index contributed by atoms with van der Waals surface area (Å²) in [6, 6.07) is 15.6. The number of rotatable bonds is 9. The van der Waals surface area contributed by atoms with Gasteiger partial charge >= 0.3 is 0 Å². The molecule has 4 nitrogen and oxygen atoms in total. The molecule has 25 heavy (non-hydrogen) atoms. The Morgan fingerprint density at radius 2 is 1.88 bits per heavy atom. The zero-order valence-electron chi connectivity index (χ0n) is 14.6. The largest absolute Gasteiger partial charge is 0.495 e. The predicted octanol–water partition coefficient (Wildman–Crippen LogP) is 4.02. The number of carbonyl (C=O) groups excluding carboxylic acids is 1. The van der Waals surface area contributed by atoms with Crippen LogP contribution in [-0.4, -0.2) is 33.3 Å². The monoisotopic (exact) mass is 361 g/mol. The predicted molar refractivity (Wildman–Crippen MR) is 100 cm³/mol. The molecule has 0 saturated carbocycles. The fourth-order valence-corrected chi connectivity index (χ4v) is 2.98. The Morgan fingerprint density at radius 3 is 2.52 bits per heavy atom. The summed E-state index contributed by atoms with van der Waals surface area (Å²) < 4.78 is 10.2. The van der Waals surface area contributed by atoms with E-state index in [-0.39, 0.29) is 11.8 Å². The average molecular weight is 362 g/mol. The van der Waals surface area contributed by atoms with Crippen LogP contribution in [0, 0.1) is 0 Å². The van der Waals surface area contributed by atoms with Crippen molar-refractivity contribution in [1.82, 2.24) is 5.32 Å². The molecule has 0 spiro atoms. The lowest BCUT2D eigenvalue weighted by Crippen LogP contribution is -2.27. The summed E-state index contributed by atoms with van der Waals surface area (Å²) in [4.78, 5) is 12.4. The summed E-state index contributed by atoms with van der Waals surface area (Å²) in [6.07, 6.45) is 1.16. The van der Waals surface area contributed by atoms with Gasteiger partial charge in [-0.3, -0.25) is 4.79 Å². The second-order valence-corrected chi connectivity index (χ2v) is 6.16. The van der Waals surface area contributed by atoms with E-state index < -0.39 is 0 Å². The molecule has 0 aliphatic heterocycles. The second kappa shape index (κ2) is 10.1. The van der Waals surface area contributed by atoms with Gasteiger partial charge in [0.15, 0.2) is 0 Å². The molecule has 0 aliphatic rings. The quantitative estimate of drug-likeness (QED) is 0.686. The number of halogens is 1.